The van der Waals surface area contributed by atoms with Crippen molar-refractivity contribution in [3.05, 3.63) is 34.1 Å². The van der Waals surface area contributed by atoms with Gasteiger partial charge < -0.3 is 10.1 Å². The number of methoxy groups -OCH3 is 1. The van der Waals surface area contributed by atoms with Crippen molar-refractivity contribution in [2.75, 3.05) is 13.7 Å². The Balaban J connectivity index is 2.52. The van der Waals surface area contributed by atoms with Gasteiger partial charge in [0.2, 0.25) is 0 Å². The third kappa shape index (κ3) is 4.60. The molecule has 0 spiro atoms. The summed E-state index contributed by atoms with van der Waals surface area (Å²) in [7, 11) is 1.68. The molecule has 0 aromatic heterocycles. The largest absolute Gasteiger partial charge is 0.383 e. The predicted octanol–water partition coefficient (Wildman–Crippen LogP) is 3.10. The van der Waals surface area contributed by atoms with Gasteiger partial charge in [0.05, 0.1) is 6.61 Å². The molecule has 0 saturated carbocycles. The minimum absolute atomic E-state index is 0.217. The Labute approximate surface area is 104 Å². The van der Waals surface area contributed by atoms with E-state index < -0.39 is 0 Å². The van der Waals surface area contributed by atoms with Gasteiger partial charge in [-0.25, -0.2) is 4.39 Å². The monoisotopic (exact) mass is 289 g/mol. The summed E-state index contributed by atoms with van der Waals surface area (Å²) in [6.07, 6.45) is 0.990. The summed E-state index contributed by atoms with van der Waals surface area (Å²) in [5, 5.41) is 3.33. The molecule has 0 radical (unpaired) electrons. The van der Waals surface area contributed by atoms with E-state index in [2.05, 4.69) is 28.2 Å². The van der Waals surface area contributed by atoms with Crippen molar-refractivity contribution in [2.45, 2.75) is 25.9 Å². The van der Waals surface area contributed by atoms with Gasteiger partial charge in [-0.05, 0) is 30.2 Å². The van der Waals surface area contributed by atoms with E-state index >= 15 is 0 Å². The van der Waals surface area contributed by atoms with Gasteiger partial charge in [-0.3, -0.25) is 0 Å². The smallest absolute Gasteiger partial charge is 0.124 e. The van der Waals surface area contributed by atoms with Crippen LogP contribution in [0.15, 0.2) is 22.7 Å². The molecule has 1 unspecified atom stereocenters. The molecule has 0 aliphatic carbocycles. The van der Waals surface area contributed by atoms with Crippen molar-refractivity contribution in [2.24, 2.45) is 0 Å². The third-order valence-corrected chi connectivity index (χ3v) is 2.84. The Hall–Kier alpha value is -0.450. The molecular formula is C12H17BrFNO. The zero-order chi connectivity index (χ0) is 12.0. The third-order valence-electron chi connectivity index (χ3n) is 2.38. The van der Waals surface area contributed by atoms with Crippen LogP contribution < -0.4 is 5.32 Å². The van der Waals surface area contributed by atoms with Crippen LogP contribution in [0, 0.1) is 5.82 Å². The van der Waals surface area contributed by atoms with Gasteiger partial charge in [0.1, 0.15) is 5.82 Å². The first-order valence-electron chi connectivity index (χ1n) is 5.33. The lowest BCUT2D eigenvalue weighted by molar-refractivity contribution is 0.164. The fraction of sp³-hybridized carbons (Fsp3) is 0.500. The molecule has 1 aromatic rings. The van der Waals surface area contributed by atoms with E-state index in [9.17, 15) is 4.39 Å². The summed E-state index contributed by atoms with van der Waals surface area (Å²) in [6, 6.07) is 5.22. The van der Waals surface area contributed by atoms with Crippen molar-refractivity contribution < 1.29 is 9.13 Å². The second-order valence-electron chi connectivity index (χ2n) is 3.72. The van der Waals surface area contributed by atoms with Gasteiger partial charge in [-0.2, -0.15) is 0 Å². The molecule has 1 atom stereocenters. The number of hydrogen-bond donors (Lipinski definition) is 1. The van der Waals surface area contributed by atoms with E-state index in [0.717, 1.165) is 16.5 Å². The highest BCUT2D eigenvalue weighted by atomic mass is 79.9. The molecule has 0 aliphatic rings. The van der Waals surface area contributed by atoms with Gasteiger partial charge in [0.15, 0.2) is 0 Å². The molecular weight excluding hydrogens is 273 g/mol. The highest BCUT2D eigenvalue weighted by molar-refractivity contribution is 9.10. The van der Waals surface area contributed by atoms with E-state index in [0.29, 0.717) is 19.2 Å². The number of hydrogen-bond acceptors (Lipinski definition) is 2. The average molecular weight is 290 g/mol. The Morgan fingerprint density at radius 3 is 2.75 bits per heavy atom. The van der Waals surface area contributed by atoms with E-state index in [1.165, 1.54) is 12.1 Å². The lowest BCUT2D eigenvalue weighted by atomic mass is 10.2. The van der Waals surface area contributed by atoms with Crippen LogP contribution >= 0.6 is 15.9 Å². The number of benzene rings is 1. The number of ether oxygens (including phenoxy) is 1. The molecule has 0 aliphatic heterocycles. The van der Waals surface area contributed by atoms with E-state index in [1.807, 2.05) is 6.07 Å². The maximum absolute atomic E-state index is 13.1. The molecule has 0 fully saturated rings. The van der Waals surface area contributed by atoms with Crippen LogP contribution in [0.25, 0.3) is 0 Å². The maximum atomic E-state index is 13.1. The Bertz CT molecular complexity index is 313. The summed E-state index contributed by atoms with van der Waals surface area (Å²) in [5.41, 5.74) is 0.932. The van der Waals surface area contributed by atoms with Crippen LogP contribution in [0.1, 0.15) is 18.9 Å². The first kappa shape index (κ1) is 13.6. The van der Waals surface area contributed by atoms with Crippen LogP contribution in [-0.4, -0.2) is 19.8 Å². The maximum Gasteiger partial charge on any atom is 0.124 e. The van der Waals surface area contributed by atoms with E-state index in [1.54, 1.807) is 7.11 Å². The topological polar surface area (TPSA) is 21.3 Å². The summed E-state index contributed by atoms with van der Waals surface area (Å²) < 4.78 is 19.0. The number of nitrogens with one attached hydrogen (secondary N) is 1. The summed E-state index contributed by atoms with van der Waals surface area (Å²) in [5.74, 6) is -0.217. The molecule has 0 heterocycles. The molecule has 2 nitrogen and oxygen atoms in total. The van der Waals surface area contributed by atoms with Crippen molar-refractivity contribution >= 4 is 15.9 Å². The normalized spacial score (nSPS) is 12.8. The Kier molecular flexibility index (Phi) is 5.95. The number of halogens is 2. The van der Waals surface area contributed by atoms with Crippen LogP contribution in [0.5, 0.6) is 0 Å². The van der Waals surface area contributed by atoms with Crippen molar-refractivity contribution in [1.82, 2.24) is 5.32 Å². The van der Waals surface area contributed by atoms with Crippen molar-refractivity contribution in [1.29, 1.82) is 0 Å². The quantitative estimate of drug-likeness (QED) is 0.869. The Morgan fingerprint density at radius 2 is 2.19 bits per heavy atom. The first-order valence-corrected chi connectivity index (χ1v) is 6.12. The average Bonchev–Trinajstić information content (AvgIpc) is 2.23. The second kappa shape index (κ2) is 6.99. The molecule has 4 heteroatoms. The summed E-state index contributed by atoms with van der Waals surface area (Å²) in [4.78, 5) is 0. The molecule has 1 aromatic carbocycles. The fourth-order valence-corrected chi connectivity index (χ4v) is 2.01. The summed E-state index contributed by atoms with van der Waals surface area (Å²) in [6.45, 7) is 3.42. The number of rotatable bonds is 6. The van der Waals surface area contributed by atoms with Gasteiger partial charge in [0.25, 0.3) is 0 Å². The SMILES string of the molecule is CCC(COC)NCc1cc(F)cc(Br)c1. The van der Waals surface area contributed by atoms with Gasteiger partial charge in [-0.15, -0.1) is 0 Å². The molecule has 0 saturated heterocycles. The van der Waals surface area contributed by atoms with Crippen LogP contribution in [0.3, 0.4) is 0 Å². The first-order chi connectivity index (χ1) is 7.65. The molecule has 1 rings (SSSR count). The lowest BCUT2D eigenvalue weighted by Gasteiger charge is -2.16. The van der Waals surface area contributed by atoms with Gasteiger partial charge in [-0.1, -0.05) is 22.9 Å². The van der Waals surface area contributed by atoms with E-state index in [4.69, 9.17) is 4.74 Å². The second-order valence-corrected chi connectivity index (χ2v) is 4.63. The fourth-order valence-electron chi connectivity index (χ4n) is 1.50. The highest BCUT2D eigenvalue weighted by Gasteiger charge is 2.05. The van der Waals surface area contributed by atoms with Gasteiger partial charge >= 0.3 is 0 Å². The minimum atomic E-state index is -0.217. The molecule has 1 N–H and O–H groups in total. The Morgan fingerprint density at radius 1 is 1.44 bits per heavy atom. The van der Waals surface area contributed by atoms with Crippen LogP contribution in [0.2, 0.25) is 0 Å². The van der Waals surface area contributed by atoms with E-state index in [-0.39, 0.29) is 5.82 Å². The minimum Gasteiger partial charge on any atom is -0.383 e. The molecule has 90 valence electrons. The van der Waals surface area contributed by atoms with Crippen LogP contribution in [0.4, 0.5) is 4.39 Å². The zero-order valence-electron chi connectivity index (χ0n) is 9.59. The lowest BCUT2D eigenvalue weighted by Crippen LogP contribution is -2.32. The molecule has 0 amide bonds. The molecule has 16 heavy (non-hydrogen) atoms. The summed E-state index contributed by atoms with van der Waals surface area (Å²) >= 11 is 3.28. The highest BCUT2D eigenvalue weighted by Crippen LogP contribution is 2.14. The predicted molar refractivity (Wildman–Crippen MR) is 66.9 cm³/mol. The van der Waals surface area contributed by atoms with Gasteiger partial charge in [0, 0.05) is 24.2 Å². The van der Waals surface area contributed by atoms with Crippen LogP contribution in [-0.2, 0) is 11.3 Å². The standard InChI is InChI=1S/C12H17BrFNO/c1-3-12(8-16-2)15-7-9-4-10(13)6-11(14)5-9/h4-6,12,15H,3,7-8H2,1-2H3. The molecule has 0 bridgehead atoms. The van der Waals surface area contributed by atoms with Crippen molar-refractivity contribution in [3.63, 3.8) is 0 Å². The zero-order valence-corrected chi connectivity index (χ0v) is 11.2. The van der Waals surface area contributed by atoms with Crippen molar-refractivity contribution in [3.8, 4) is 0 Å².